The van der Waals surface area contributed by atoms with Gasteiger partial charge in [0.15, 0.2) is 0 Å². The fourth-order valence-corrected chi connectivity index (χ4v) is 2.42. The predicted octanol–water partition coefficient (Wildman–Crippen LogP) is 5.84. The smallest absolute Gasteiger partial charge is 0.251 e. The first-order chi connectivity index (χ1) is 15.7. The fraction of sp³-hybridized carbons (Fsp3) is 0.500. The lowest BCUT2D eigenvalue weighted by Gasteiger charge is -2.12. The maximum Gasteiger partial charge on any atom is 0.251 e. The first kappa shape index (κ1) is 30.1. The number of allylic oxidation sites excluding steroid dienone is 3. The molecule has 1 aromatic carbocycles. The number of hydrogen-bond acceptors (Lipinski definition) is 6. The van der Waals surface area contributed by atoms with Gasteiger partial charge in [-0.2, -0.15) is 5.10 Å². The van der Waals surface area contributed by atoms with Crippen LogP contribution in [-0.4, -0.2) is 44.1 Å². The number of hydrogen-bond donors (Lipinski definition) is 3. The van der Waals surface area contributed by atoms with Gasteiger partial charge in [-0.1, -0.05) is 24.6 Å². The number of amides is 1. The Bertz CT molecular complexity index is 794. The van der Waals surface area contributed by atoms with E-state index in [1.165, 1.54) is 0 Å². The van der Waals surface area contributed by atoms with Crippen LogP contribution in [0.3, 0.4) is 0 Å². The minimum absolute atomic E-state index is 0.135. The van der Waals surface area contributed by atoms with E-state index in [4.69, 9.17) is 4.74 Å². The molecular formula is C26H43N5O2. The summed E-state index contributed by atoms with van der Waals surface area (Å²) in [7, 11) is 0. The Morgan fingerprint density at radius 1 is 1.24 bits per heavy atom. The molecule has 0 aliphatic rings. The van der Waals surface area contributed by atoms with Crippen LogP contribution in [0, 0.1) is 0 Å². The standard InChI is InChI=1S/C21H33N5O2.C5H10/c1-15(2)13-25-26-17(5)14-24-19-9-8-18(12-20(19)22-6)21(27)23-10-7-11-28-16(3)4;1-3-5-4-2/h8-9,12-13,16,24-25H,6-7,10-11,14H2,1-5H3,(H,23,27);3,5H,4H2,1-2H3/b26-17+;5-3-. The summed E-state index contributed by atoms with van der Waals surface area (Å²) in [5, 5.41) is 10.4. The third-order valence-corrected chi connectivity index (χ3v) is 4.10. The zero-order valence-electron chi connectivity index (χ0n) is 21.5. The van der Waals surface area contributed by atoms with Crippen LogP contribution in [0.4, 0.5) is 11.4 Å². The molecule has 0 aliphatic carbocycles. The number of ether oxygens (including phenoxy) is 1. The van der Waals surface area contributed by atoms with Crippen molar-refractivity contribution in [1.82, 2.24) is 10.7 Å². The second-order valence-corrected chi connectivity index (χ2v) is 7.95. The summed E-state index contributed by atoms with van der Waals surface area (Å²) in [6, 6.07) is 5.33. The minimum Gasteiger partial charge on any atom is -0.379 e. The van der Waals surface area contributed by atoms with Gasteiger partial charge in [0.05, 0.1) is 29.7 Å². The maximum absolute atomic E-state index is 12.3. The molecule has 0 bridgehead atoms. The SMILES string of the molecule is C/C=C\CC.C=Nc1cc(C(=O)NCCCOC(C)C)ccc1NC/C(C)=N/NC=C(C)C. The Balaban J connectivity index is 0.00000184. The summed E-state index contributed by atoms with van der Waals surface area (Å²) in [5.41, 5.74) is 6.90. The Labute approximate surface area is 200 Å². The van der Waals surface area contributed by atoms with E-state index in [1.54, 1.807) is 12.1 Å². The van der Waals surface area contributed by atoms with Gasteiger partial charge in [0.25, 0.3) is 5.91 Å². The average molecular weight is 458 g/mol. The first-order valence-corrected chi connectivity index (χ1v) is 11.5. The quantitative estimate of drug-likeness (QED) is 0.150. The van der Waals surface area contributed by atoms with Gasteiger partial charge < -0.3 is 15.4 Å². The number of carbonyl (C=O) groups excluding carboxylic acids is 1. The largest absolute Gasteiger partial charge is 0.379 e. The number of nitrogens with zero attached hydrogens (tertiary/aromatic N) is 2. The molecule has 0 aromatic heterocycles. The highest BCUT2D eigenvalue weighted by Gasteiger charge is 2.09. The molecule has 33 heavy (non-hydrogen) atoms. The van der Waals surface area contributed by atoms with Crippen molar-refractivity contribution in [2.45, 2.75) is 67.4 Å². The lowest BCUT2D eigenvalue weighted by Crippen LogP contribution is -2.25. The number of nitrogens with one attached hydrogen (secondary N) is 3. The highest BCUT2D eigenvalue weighted by Crippen LogP contribution is 2.25. The summed E-state index contributed by atoms with van der Waals surface area (Å²) in [6.45, 7) is 19.4. The van der Waals surface area contributed by atoms with Gasteiger partial charge in [0.1, 0.15) is 0 Å². The molecule has 0 saturated carbocycles. The van der Waals surface area contributed by atoms with E-state index in [9.17, 15) is 4.79 Å². The molecule has 0 atom stereocenters. The van der Waals surface area contributed by atoms with Crippen molar-refractivity contribution in [2.24, 2.45) is 10.1 Å². The number of rotatable bonds is 13. The van der Waals surface area contributed by atoms with Crippen molar-refractivity contribution in [3.05, 3.63) is 47.7 Å². The number of benzene rings is 1. The minimum atomic E-state index is -0.135. The summed E-state index contributed by atoms with van der Waals surface area (Å²) in [6.07, 6.45) is 8.16. The van der Waals surface area contributed by atoms with Crippen LogP contribution in [0.25, 0.3) is 0 Å². The summed E-state index contributed by atoms with van der Waals surface area (Å²) >= 11 is 0. The van der Waals surface area contributed by atoms with Crippen molar-refractivity contribution < 1.29 is 9.53 Å². The van der Waals surface area contributed by atoms with Gasteiger partial charge in [-0.05, 0) is 79.3 Å². The number of aliphatic imine (C=N–C) groups is 1. The third-order valence-electron chi connectivity index (χ3n) is 4.10. The van der Waals surface area contributed by atoms with E-state index >= 15 is 0 Å². The summed E-state index contributed by atoms with van der Waals surface area (Å²) in [4.78, 5) is 16.3. The number of anilines is 1. The van der Waals surface area contributed by atoms with Crippen LogP contribution < -0.4 is 16.1 Å². The molecular weight excluding hydrogens is 414 g/mol. The summed E-state index contributed by atoms with van der Waals surface area (Å²) in [5.74, 6) is -0.135. The maximum atomic E-state index is 12.3. The van der Waals surface area contributed by atoms with E-state index in [0.29, 0.717) is 30.9 Å². The van der Waals surface area contributed by atoms with Gasteiger partial charge in [-0.15, -0.1) is 0 Å². The second-order valence-electron chi connectivity index (χ2n) is 7.95. The predicted molar refractivity (Wildman–Crippen MR) is 143 cm³/mol. The Morgan fingerprint density at radius 2 is 1.97 bits per heavy atom. The number of hydrazone groups is 1. The average Bonchev–Trinajstić information content (AvgIpc) is 2.77. The fourth-order valence-electron chi connectivity index (χ4n) is 2.42. The van der Waals surface area contributed by atoms with Crippen LogP contribution in [0.15, 0.2) is 52.2 Å². The normalized spacial score (nSPS) is 11.0. The zero-order valence-corrected chi connectivity index (χ0v) is 21.5. The third kappa shape index (κ3) is 15.5. The second kappa shape index (κ2) is 18.6. The topological polar surface area (TPSA) is 87.1 Å². The Hall–Kier alpha value is -2.93. The van der Waals surface area contributed by atoms with Crippen molar-refractivity contribution in [3.63, 3.8) is 0 Å². The molecule has 0 unspecified atom stereocenters. The Morgan fingerprint density at radius 3 is 2.52 bits per heavy atom. The van der Waals surface area contributed by atoms with Crippen LogP contribution in [0.5, 0.6) is 0 Å². The molecule has 7 nitrogen and oxygen atoms in total. The van der Waals surface area contributed by atoms with Crippen LogP contribution in [0.2, 0.25) is 0 Å². The molecule has 0 heterocycles. The van der Waals surface area contributed by atoms with Crippen molar-refractivity contribution in [3.8, 4) is 0 Å². The number of carbonyl (C=O) groups is 1. The van der Waals surface area contributed by atoms with E-state index < -0.39 is 0 Å². The van der Waals surface area contributed by atoms with Gasteiger partial charge in [0.2, 0.25) is 0 Å². The molecule has 1 rings (SSSR count). The molecule has 0 radical (unpaired) electrons. The lowest BCUT2D eigenvalue weighted by molar-refractivity contribution is 0.0757. The highest BCUT2D eigenvalue weighted by molar-refractivity contribution is 5.96. The molecule has 7 heteroatoms. The Kier molecular flexibility index (Phi) is 17.0. The van der Waals surface area contributed by atoms with E-state index in [0.717, 1.165) is 29.8 Å². The molecule has 0 saturated heterocycles. The van der Waals surface area contributed by atoms with Crippen LogP contribution in [-0.2, 0) is 4.74 Å². The van der Waals surface area contributed by atoms with Gasteiger partial charge >= 0.3 is 0 Å². The zero-order chi connectivity index (χ0) is 25.1. The van der Waals surface area contributed by atoms with Gasteiger partial charge in [-0.3, -0.25) is 15.2 Å². The molecule has 3 N–H and O–H groups in total. The molecule has 0 fully saturated rings. The van der Waals surface area contributed by atoms with Crippen molar-refractivity contribution in [1.29, 1.82) is 0 Å². The molecule has 0 spiro atoms. The monoisotopic (exact) mass is 457 g/mol. The van der Waals surface area contributed by atoms with Crippen molar-refractivity contribution in [2.75, 3.05) is 25.0 Å². The van der Waals surface area contributed by atoms with E-state index in [-0.39, 0.29) is 12.0 Å². The van der Waals surface area contributed by atoms with Crippen LogP contribution in [0.1, 0.15) is 71.7 Å². The molecule has 184 valence electrons. The van der Waals surface area contributed by atoms with E-state index in [2.05, 4.69) is 51.9 Å². The van der Waals surface area contributed by atoms with Crippen LogP contribution >= 0.6 is 0 Å². The molecule has 0 aliphatic heterocycles. The van der Waals surface area contributed by atoms with E-state index in [1.807, 2.05) is 53.8 Å². The summed E-state index contributed by atoms with van der Waals surface area (Å²) < 4.78 is 5.46. The lowest BCUT2D eigenvalue weighted by atomic mass is 10.1. The van der Waals surface area contributed by atoms with Crippen molar-refractivity contribution >= 4 is 29.7 Å². The van der Waals surface area contributed by atoms with Gasteiger partial charge in [0, 0.05) is 24.9 Å². The molecule has 1 aromatic rings. The highest BCUT2D eigenvalue weighted by atomic mass is 16.5. The first-order valence-electron chi connectivity index (χ1n) is 11.5. The van der Waals surface area contributed by atoms with Gasteiger partial charge in [-0.25, -0.2) is 0 Å². The molecule has 1 amide bonds.